The van der Waals surface area contributed by atoms with E-state index in [1.165, 1.54) is 25.7 Å². The highest BCUT2D eigenvalue weighted by Gasteiger charge is 2.24. The van der Waals surface area contributed by atoms with Gasteiger partial charge < -0.3 is 9.84 Å². The summed E-state index contributed by atoms with van der Waals surface area (Å²) in [6.45, 7) is 2.51. The van der Waals surface area contributed by atoms with Crippen LogP contribution in [0.25, 0.3) is 0 Å². The first-order valence-electron chi connectivity index (χ1n) is 4.91. The van der Waals surface area contributed by atoms with Crippen molar-refractivity contribution < 1.29 is 9.84 Å². The molecule has 2 nitrogen and oxygen atoms in total. The van der Waals surface area contributed by atoms with Gasteiger partial charge in [-0.15, -0.1) is 0 Å². The standard InChI is InChI=1S/C10H20O2/c1-8(12-2)10-5-3-9(7-11)4-6-10/h8-11H,3-7H2,1-2H3. The fraction of sp³-hybridized carbons (Fsp3) is 1.00. The molecule has 1 unspecified atom stereocenters. The highest BCUT2D eigenvalue weighted by molar-refractivity contribution is 4.75. The molecule has 1 N–H and O–H groups in total. The van der Waals surface area contributed by atoms with Crippen LogP contribution >= 0.6 is 0 Å². The summed E-state index contributed by atoms with van der Waals surface area (Å²) < 4.78 is 5.30. The second-order valence-electron chi connectivity index (χ2n) is 3.90. The summed E-state index contributed by atoms with van der Waals surface area (Å²) in [7, 11) is 1.78. The van der Waals surface area contributed by atoms with Crippen LogP contribution in [0.2, 0.25) is 0 Å². The maximum absolute atomic E-state index is 8.94. The Balaban J connectivity index is 2.25. The first-order chi connectivity index (χ1) is 5.77. The molecular weight excluding hydrogens is 152 g/mol. The molecule has 72 valence electrons. The number of rotatable bonds is 3. The van der Waals surface area contributed by atoms with E-state index in [9.17, 15) is 0 Å². The molecule has 0 aliphatic heterocycles. The third kappa shape index (κ3) is 2.46. The minimum absolute atomic E-state index is 0.369. The number of ether oxygens (including phenoxy) is 1. The molecule has 12 heavy (non-hydrogen) atoms. The van der Waals surface area contributed by atoms with Gasteiger partial charge in [-0.1, -0.05) is 0 Å². The molecular formula is C10H20O2. The van der Waals surface area contributed by atoms with E-state index in [2.05, 4.69) is 6.92 Å². The molecule has 1 aliphatic carbocycles. The molecule has 0 bridgehead atoms. The zero-order valence-electron chi connectivity index (χ0n) is 8.12. The summed E-state index contributed by atoms with van der Waals surface area (Å²) in [5.41, 5.74) is 0. The van der Waals surface area contributed by atoms with E-state index < -0.39 is 0 Å². The average Bonchev–Trinajstić information content (AvgIpc) is 2.17. The van der Waals surface area contributed by atoms with Crippen LogP contribution < -0.4 is 0 Å². The summed E-state index contributed by atoms with van der Waals surface area (Å²) in [5.74, 6) is 1.28. The minimum Gasteiger partial charge on any atom is -0.396 e. The first kappa shape index (κ1) is 10.0. The highest BCUT2D eigenvalue weighted by atomic mass is 16.5. The van der Waals surface area contributed by atoms with Gasteiger partial charge in [-0.25, -0.2) is 0 Å². The molecule has 1 aliphatic rings. The van der Waals surface area contributed by atoms with Crippen molar-refractivity contribution in [3.8, 4) is 0 Å². The lowest BCUT2D eigenvalue weighted by Gasteiger charge is -2.30. The van der Waals surface area contributed by atoms with Gasteiger partial charge in [0.1, 0.15) is 0 Å². The number of aliphatic hydroxyl groups excluding tert-OH is 1. The van der Waals surface area contributed by atoms with E-state index in [0.29, 0.717) is 18.6 Å². The predicted octanol–water partition coefficient (Wildman–Crippen LogP) is 1.82. The Kier molecular flexibility index (Phi) is 4.02. The molecule has 0 spiro atoms. The normalized spacial score (nSPS) is 33.2. The second kappa shape index (κ2) is 4.83. The molecule has 0 heterocycles. The van der Waals surface area contributed by atoms with Gasteiger partial charge in [0.2, 0.25) is 0 Å². The lowest BCUT2D eigenvalue weighted by atomic mass is 9.80. The Morgan fingerprint density at radius 3 is 2.33 bits per heavy atom. The molecule has 0 radical (unpaired) electrons. The molecule has 0 aromatic heterocycles. The second-order valence-corrected chi connectivity index (χ2v) is 3.90. The van der Waals surface area contributed by atoms with Crippen molar-refractivity contribution in [3.63, 3.8) is 0 Å². The lowest BCUT2D eigenvalue weighted by molar-refractivity contribution is 0.0368. The van der Waals surface area contributed by atoms with Crippen molar-refractivity contribution in [2.24, 2.45) is 11.8 Å². The molecule has 0 aromatic rings. The molecule has 1 atom stereocenters. The van der Waals surface area contributed by atoms with E-state index in [4.69, 9.17) is 9.84 Å². The van der Waals surface area contributed by atoms with Gasteiger partial charge >= 0.3 is 0 Å². The van der Waals surface area contributed by atoms with E-state index in [1.54, 1.807) is 7.11 Å². The Labute approximate surface area is 74.9 Å². The minimum atomic E-state index is 0.369. The van der Waals surface area contributed by atoms with Crippen LogP contribution in [0.1, 0.15) is 32.6 Å². The maximum Gasteiger partial charge on any atom is 0.0571 e. The van der Waals surface area contributed by atoms with Gasteiger partial charge in [-0.3, -0.25) is 0 Å². The van der Waals surface area contributed by atoms with Crippen LogP contribution in [0.15, 0.2) is 0 Å². The fourth-order valence-electron chi connectivity index (χ4n) is 2.03. The van der Waals surface area contributed by atoms with Gasteiger partial charge in [-0.05, 0) is 44.4 Å². The summed E-state index contributed by atoms with van der Waals surface area (Å²) in [6.07, 6.45) is 5.19. The largest absolute Gasteiger partial charge is 0.396 e. The summed E-state index contributed by atoms with van der Waals surface area (Å²) in [6, 6.07) is 0. The van der Waals surface area contributed by atoms with E-state index in [-0.39, 0.29) is 0 Å². The van der Waals surface area contributed by atoms with Crippen LogP contribution in [0.3, 0.4) is 0 Å². The van der Waals surface area contributed by atoms with Crippen molar-refractivity contribution in [2.75, 3.05) is 13.7 Å². The number of hydrogen-bond donors (Lipinski definition) is 1. The summed E-state index contributed by atoms with van der Waals surface area (Å²) in [4.78, 5) is 0. The average molecular weight is 172 g/mol. The van der Waals surface area contributed by atoms with E-state index in [0.717, 1.165) is 5.92 Å². The fourth-order valence-corrected chi connectivity index (χ4v) is 2.03. The number of methoxy groups -OCH3 is 1. The highest BCUT2D eigenvalue weighted by Crippen LogP contribution is 2.31. The Hall–Kier alpha value is -0.0800. The van der Waals surface area contributed by atoms with Gasteiger partial charge in [-0.2, -0.15) is 0 Å². The van der Waals surface area contributed by atoms with Crippen molar-refractivity contribution in [3.05, 3.63) is 0 Å². The topological polar surface area (TPSA) is 29.5 Å². The molecule has 2 heteroatoms. The van der Waals surface area contributed by atoms with Crippen molar-refractivity contribution in [1.29, 1.82) is 0 Å². The van der Waals surface area contributed by atoms with Crippen LogP contribution in [-0.2, 0) is 4.74 Å². The third-order valence-electron chi connectivity index (χ3n) is 3.19. The van der Waals surface area contributed by atoms with Gasteiger partial charge in [0.25, 0.3) is 0 Å². The molecule has 0 saturated heterocycles. The quantitative estimate of drug-likeness (QED) is 0.703. The zero-order valence-corrected chi connectivity index (χ0v) is 8.12. The van der Waals surface area contributed by atoms with E-state index in [1.807, 2.05) is 0 Å². The smallest absolute Gasteiger partial charge is 0.0571 e. The molecule has 1 saturated carbocycles. The Morgan fingerprint density at radius 2 is 1.92 bits per heavy atom. The Morgan fingerprint density at radius 1 is 1.33 bits per heavy atom. The van der Waals surface area contributed by atoms with Crippen molar-refractivity contribution >= 4 is 0 Å². The Bertz CT molecular complexity index is 117. The molecule has 1 fully saturated rings. The molecule has 0 aromatic carbocycles. The maximum atomic E-state index is 8.94. The van der Waals surface area contributed by atoms with Gasteiger partial charge in [0.15, 0.2) is 0 Å². The summed E-state index contributed by atoms with van der Waals surface area (Å²) >= 11 is 0. The number of aliphatic hydroxyl groups is 1. The third-order valence-corrected chi connectivity index (χ3v) is 3.19. The lowest BCUT2D eigenvalue weighted by Crippen LogP contribution is -2.26. The van der Waals surface area contributed by atoms with Crippen LogP contribution in [0, 0.1) is 11.8 Å². The monoisotopic (exact) mass is 172 g/mol. The van der Waals surface area contributed by atoms with E-state index >= 15 is 0 Å². The van der Waals surface area contributed by atoms with Crippen LogP contribution in [0.4, 0.5) is 0 Å². The van der Waals surface area contributed by atoms with Crippen molar-refractivity contribution in [1.82, 2.24) is 0 Å². The SMILES string of the molecule is COC(C)C1CCC(CO)CC1. The predicted molar refractivity (Wildman–Crippen MR) is 49.0 cm³/mol. The summed E-state index contributed by atoms with van der Waals surface area (Å²) in [5, 5.41) is 8.94. The van der Waals surface area contributed by atoms with Gasteiger partial charge in [0.05, 0.1) is 6.10 Å². The van der Waals surface area contributed by atoms with Crippen molar-refractivity contribution in [2.45, 2.75) is 38.7 Å². The molecule has 1 rings (SSSR count). The van der Waals surface area contributed by atoms with Crippen LogP contribution in [0.5, 0.6) is 0 Å². The van der Waals surface area contributed by atoms with Crippen LogP contribution in [-0.4, -0.2) is 24.9 Å². The van der Waals surface area contributed by atoms with Gasteiger partial charge in [0, 0.05) is 13.7 Å². The number of hydrogen-bond acceptors (Lipinski definition) is 2. The first-order valence-corrected chi connectivity index (χ1v) is 4.91. The zero-order chi connectivity index (χ0) is 8.97. The molecule has 0 amide bonds.